The van der Waals surface area contributed by atoms with Crippen LogP contribution in [-0.2, 0) is 11.8 Å². The molecule has 4 unspecified atom stereocenters. The molecule has 3 heteroatoms. The minimum absolute atomic E-state index is 0.0957. The Morgan fingerprint density at radius 2 is 1.37 bits per heavy atom. The van der Waals surface area contributed by atoms with Gasteiger partial charge in [0.1, 0.15) is 8.07 Å². The number of anilines is 4. The van der Waals surface area contributed by atoms with Crippen LogP contribution in [0.1, 0.15) is 62.3 Å². The van der Waals surface area contributed by atoms with Gasteiger partial charge in [-0.05, 0) is 117 Å². The molecule has 59 heavy (non-hydrogen) atoms. The van der Waals surface area contributed by atoms with Crippen molar-refractivity contribution in [3.8, 4) is 11.1 Å². The van der Waals surface area contributed by atoms with E-state index in [1.165, 1.54) is 84.2 Å². The molecule has 2 heterocycles. The molecule has 4 aliphatic carbocycles. The second kappa shape index (κ2) is 13.4. The van der Waals surface area contributed by atoms with Crippen molar-refractivity contribution in [3.63, 3.8) is 0 Å². The lowest BCUT2D eigenvalue weighted by Crippen LogP contribution is -2.58. The molecule has 4 atom stereocenters. The average Bonchev–Trinajstić information content (AvgIpc) is 3.36. The summed E-state index contributed by atoms with van der Waals surface area (Å²) < 4.78 is 0. The van der Waals surface area contributed by atoms with Gasteiger partial charge in [-0.3, -0.25) is 0 Å². The van der Waals surface area contributed by atoms with Crippen molar-refractivity contribution in [1.29, 1.82) is 0 Å². The van der Waals surface area contributed by atoms with Crippen LogP contribution < -0.4 is 20.2 Å². The summed E-state index contributed by atoms with van der Waals surface area (Å²) in [4.78, 5) is 5.21. The minimum atomic E-state index is -1.85. The number of nitrogens with zero attached hydrogens (tertiary/aromatic N) is 2. The largest absolute Gasteiger partial charge is 0.333 e. The third kappa shape index (κ3) is 5.57. The zero-order chi connectivity index (χ0) is 40.1. The highest BCUT2D eigenvalue weighted by Gasteiger charge is 2.42. The van der Waals surface area contributed by atoms with Crippen molar-refractivity contribution in [1.82, 2.24) is 0 Å². The zero-order valence-corrected chi connectivity index (χ0v) is 36.1. The standard InChI is InChI=1S/C56H54N2Si/c1-55(2)46-36-38(26-30-42(46)43-31-29-41(37-47(43)55)57-51-22-12-14-24-53(51)59(4,5)54-25-15-13-23-52(54)57)32-34-56(3)35-33-50(44-18-8-9-19-45(44)56)58-48-20-10-6-16-39(48)27-28-40-17-7-11-21-49(40)58/h6-8,10-18,20-26,29-37,39,45,48H,9,19,27-28H2,1-5H3. The summed E-state index contributed by atoms with van der Waals surface area (Å²) in [5, 5.41) is 3.00. The van der Waals surface area contributed by atoms with E-state index in [4.69, 9.17) is 0 Å². The van der Waals surface area contributed by atoms with Gasteiger partial charge in [-0.15, -0.1) is 0 Å². The number of hydrogen-bond acceptors (Lipinski definition) is 2. The number of hydrogen-bond donors (Lipinski definition) is 0. The molecule has 0 radical (unpaired) electrons. The van der Waals surface area contributed by atoms with E-state index in [0.717, 1.165) is 19.3 Å². The summed E-state index contributed by atoms with van der Waals surface area (Å²) in [5.41, 5.74) is 16.2. The number of rotatable bonds is 4. The van der Waals surface area contributed by atoms with Gasteiger partial charge in [-0.2, -0.15) is 0 Å². The van der Waals surface area contributed by atoms with Gasteiger partial charge < -0.3 is 9.80 Å². The summed E-state index contributed by atoms with van der Waals surface area (Å²) in [7, 11) is -1.85. The van der Waals surface area contributed by atoms with E-state index in [1.807, 2.05) is 0 Å². The molecule has 2 nitrogen and oxygen atoms in total. The van der Waals surface area contributed by atoms with Crippen LogP contribution in [0.3, 0.4) is 0 Å². The lowest BCUT2D eigenvalue weighted by atomic mass is 9.65. The first kappa shape index (κ1) is 36.4. The van der Waals surface area contributed by atoms with Gasteiger partial charge in [-0.1, -0.05) is 167 Å². The highest BCUT2D eigenvalue weighted by Crippen LogP contribution is 2.53. The maximum Gasteiger partial charge on any atom is 0.117 e. The molecule has 2 aliphatic heterocycles. The fraction of sp³-hybridized carbons (Fsp3) is 0.250. The topological polar surface area (TPSA) is 6.48 Å². The van der Waals surface area contributed by atoms with E-state index in [1.54, 1.807) is 0 Å². The zero-order valence-electron chi connectivity index (χ0n) is 35.1. The van der Waals surface area contributed by atoms with Crippen LogP contribution >= 0.6 is 0 Å². The van der Waals surface area contributed by atoms with E-state index in [-0.39, 0.29) is 10.8 Å². The van der Waals surface area contributed by atoms with Gasteiger partial charge in [0.2, 0.25) is 0 Å². The number of aryl methyl sites for hydroxylation is 1. The summed E-state index contributed by atoms with van der Waals surface area (Å²) in [6.07, 6.45) is 28.7. The predicted octanol–water partition coefficient (Wildman–Crippen LogP) is 13.0. The molecular weight excluding hydrogens is 729 g/mol. The second-order valence-corrected chi connectivity index (χ2v) is 23.3. The smallest absolute Gasteiger partial charge is 0.117 e. The molecule has 6 aliphatic rings. The van der Waals surface area contributed by atoms with Crippen molar-refractivity contribution in [2.45, 2.75) is 71.0 Å². The molecule has 292 valence electrons. The van der Waals surface area contributed by atoms with Crippen molar-refractivity contribution in [2.75, 3.05) is 9.80 Å². The Labute approximate surface area is 352 Å². The molecule has 0 amide bonds. The fourth-order valence-electron chi connectivity index (χ4n) is 11.6. The molecule has 0 spiro atoms. The number of benzene rings is 5. The summed E-state index contributed by atoms with van der Waals surface area (Å²) in [6, 6.07) is 42.1. The highest BCUT2D eigenvalue weighted by atomic mass is 28.3. The van der Waals surface area contributed by atoms with Crippen molar-refractivity contribution < 1.29 is 0 Å². The van der Waals surface area contributed by atoms with Crippen LogP contribution in [0.25, 0.3) is 17.2 Å². The summed E-state index contributed by atoms with van der Waals surface area (Å²) in [6.45, 7) is 12.3. The van der Waals surface area contributed by atoms with E-state index in [2.05, 4.69) is 214 Å². The second-order valence-electron chi connectivity index (χ2n) is 19.0. The molecule has 0 bridgehead atoms. The van der Waals surface area contributed by atoms with Crippen molar-refractivity contribution >= 4 is 47.3 Å². The number of para-hydroxylation sites is 3. The highest BCUT2D eigenvalue weighted by molar-refractivity contribution is 7.02. The Kier molecular flexibility index (Phi) is 8.30. The molecule has 0 saturated heterocycles. The van der Waals surface area contributed by atoms with Crippen molar-refractivity contribution in [3.05, 3.63) is 197 Å². The first-order valence-electron chi connectivity index (χ1n) is 21.9. The number of fused-ring (bicyclic) bond motifs is 8. The summed E-state index contributed by atoms with van der Waals surface area (Å²) >= 11 is 0. The average molecular weight is 783 g/mol. The molecule has 0 fully saturated rings. The molecule has 0 N–H and O–H groups in total. The Morgan fingerprint density at radius 1 is 0.695 bits per heavy atom. The van der Waals surface area contributed by atoms with E-state index < -0.39 is 8.07 Å². The molecule has 11 rings (SSSR count). The third-order valence-corrected chi connectivity index (χ3v) is 18.5. The Morgan fingerprint density at radius 3 is 2.15 bits per heavy atom. The lowest BCUT2D eigenvalue weighted by molar-refractivity contribution is 0.346. The number of allylic oxidation sites excluding steroid dienone is 8. The van der Waals surface area contributed by atoms with E-state index in [9.17, 15) is 0 Å². The maximum atomic E-state index is 2.68. The SMILES string of the molecule is CC1(C)c2cc(C=CC3(C)C=CC(N4c5ccccc5CCC5C=CC=CC54)=C4C=CCCC43)ccc2-c2ccc(N3c4ccccc4[Si](C)(C)c4ccccc43)cc21. The maximum absolute atomic E-state index is 2.68. The quantitative estimate of drug-likeness (QED) is 0.168. The van der Waals surface area contributed by atoms with Crippen molar-refractivity contribution in [2.24, 2.45) is 17.3 Å². The van der Waals surface area contributed by atoms with Crippen LogP contribution in [0.4, 0.5) is 22.7 Å². The first-order valence-corrected chi connectivity index (χ1v) is 24.9. The summed E-state index contributed by atoms with van der Waals surface area (Å²) in [5.74, 6) is 0.912. The molecule has 0 aromatic heterocycles. The van der Waals surface area contributed by atoms with Crippen LogP contribution in [-0.4, -0.2) is 14.1 Å². The van der Waals surface area contributed by atoms with Gasteiger partial charge in [-0.25, -0.2) is 0 Å². The van der Waals surface area contributed by atoms with Crippen LogP contribution in [0.5, 0.6) is 0 Å². The van der Waals surface area contributed by atoms with Gasteiger partial charge in [0.05, 0.1) is 6.04 Å². The Balaban J connectivity index is 0.924. The molecule has 5 aromatic rings. The molecule has 0 saturated carbocycles. The monoisotopic (exact) mass is 782 g/mol. The van der Waals surface area contributed by atoms with Crippen LogP contribution in [0, 0.1) is 17.3 Å². The normalized spacial score (nSPS) is 25.1. The Bertz CT molecular complexity index is 2690. The van der Waals surface area contributed by atoms with Gasteiger partial charge >= 0.3 is 0 Å². The van der Waals surface area contributed by atoms with E-state index in [0.29, 0.717) is 17.9 Å². The van der Waals surface area contributed by atoms with Crippen LogP contribution in [0.15, 0.2) is 175 Å². The predicted molar refractivity (Wildman–Crippen MR) is 253 cm³/mol. The van der Waals surface area contributed by atoms with Gasteiger partial charge in [0.15, 0.2) is 0 Å². The molecule has 5 aromatic carbocycles. The third-order valence-electron chi connectivity index (χ3n) is 14.9. The van der Waals surface area contributed by atoms with Gasteiger partial charge in [0.25, 0.3) is 0 Å². The molecular formula is C56H54N2Si. The lowest BCUT2D eigenvalue weighted by Gasteiger charge is -2.44. The van der Waals surface area contributed by atoms with E-state index >= 15 is 0 Å². The van der Waals surface area contributed by atoms with Crippen LogP contribution in [0.2, 0.25) is 13.1 Å². The first-order chi connectivity index (χ1) is 28.6. The fourth-order valence-corrected chi connectivity index (χ4v) is 14.6. The van der Waals surface area contributed by atoms with Gasteiger partial charge in [0, 0.05) is 45.2 Å². The minimum Gasteiger partial charge on any atom is -0.333 e. The Hall–Kier alpha value is -5.64.